The van der Waals surface area contributed by atoms with Crippen molar-refractivity contribution in [1.29, 1.82) is 0 Å². The predicted octanol–water partition coefficient (Wildman–Crippen LogP) is 2.82. The number of rotatable bonds is 3. The number of hydrogen-bond donors (Lipinski definition) is 1. The fraction of sp³-hybridized carbons (Fsp3) is 0.125. The molecule has 0 spiro atoms. The predicted molar refractivity (Wildman–Crippen MR) is 84.5 cm³/mol. The Morgan fingerprint density at radius 1 is 1.27 bits per heavy atom. The molecule has 0 bridgehead atoms. The van der Waals surface area contributed by atoms with Gasteiger partial charge < -0.3 is 9.72 Å². The topological polar surface area (TPSA) is 64.1 Å². The highest BCUT2D eigenvalue weighted by molar-refractivity contribution is 6.31. The number of nitrogens with zero attached hydrogens (tertiary/aromatic N) is 1. The number of aromatic nitrogens is 2. The first-order valence-electron chi connectivity index (χ1n) is 6.64. The molecule has 0 saturated heterocycles. The van der Waals surface area contributed by atoms with E-state index in [1.54, 1.807) is 41.0 Å². The molecule has 0 atom stereocenters. The van der Waals surface area contributed by atoms with Crippen LogP contribution in [-0.4, -0.2) is 22.6 Å². The summed E-state index contributed by atoms with van der Waals surface area (Å²) in [6.07, 6.45) is 0. The van der Waals surface area contributed by atoms with Gasteiger partial charge in [0, 0.05) is 5.02 Å². The van der Waals surface area contributed by atoms with Crippen LogP contribution in [0, 0.1) is 0 Å². The number of carbonyl (C=O) groups excluding carboxylic acids is 1. The van der Waals surface area contributed by atoms with Crippen LogP contribution in [0.3, 0.4) is 0 Å². The highest BCUT2D eigenvalue weighted by atomic mass is 35.5. The average Bonchev–Trinajstić information content (AvgIpc) is 2.82. The van der Waals surface area contributed by atoms with Gasteiger partial charge in [0.25, 0.3) is 0 Å². The van der Waals surface area contributed by atoms with Gasteiger partial charge in [0.2, 0.25) is 0 Å². The summed E-state index contributed by atoms with van der Waals surface area (Å²) in [5.41, 5.74) is 2.51. The average molecular weight is 317 g/mol. The SMILES string of the molecule is COC(=O)c1cccc(Cn2c(=O)[nH]c3cc(Cl)ccc32)c1. The van der Waals surface area contributed by atoms with Crippen LogP contribution >= 0.6 is 11.6 Å². The van der Waals surface area contributed by atoms with Crippen molar-refractivity contribution in [1.82, 2.24) is 9.55 Å². The van der Waals surface area contributed by atoms with Crippen molar-refractivity contribution < 1.29 is 9.53 Å². The first-order valence-corrected chi connectivity index (χ1v) is 7.01. The number of methoxy groups -OCH3 is 1. The zero-order chi connectivity index (χ0) is 15.7. The fourth-order valence-electron chi connectivity index (χ4n) is 2.39. The number of imidazole rings is 1. The molecule has 0 radical (unpaired) electrons. The van der Waals surface area contributed by atoms with Crippen LogP contribution < -0.4 is 5.69 Å². The van der Waals surface area contributed by atoms with Gasteiger partial charge in [-0.1, -0.05) is 23.7 Å². The van der Waals surface area contributed by atoms with Gasteiger partial charge in [0.1, 0.15) is 0 Å². The second-order valence-electron chi connectivity index (χ2n) is 4.87. The Kier molecular flexibility index (Phi) is 3.73. The summed E-state index contributed by atoms with van der Waals surface area (Å²) in [6.45, 7) is 0.352. The van der Waals surface area contributed by atoms with Crippen LogP contribution in [-0.2, 0) is 11.3 Å². The molecule has 0 aliphatic carbocycles. The lowest BCUT2D eigenvalue weighted by Gasteiger charge is -2.06. The smallest absolute Gasteiger partial charge is 0.337 e. The number of benzene rings is 2. The number of hydrogen-bond acceptors (Lipinski definition) is 3. The maximum atomic E-state index is 12.1. The van der Waals surface area contributed by atoms with Gasteiger partial charge in [-0.2, -0.15) is 0 Å². The Hall–Kier alpha value is -2.53. The van der Waals surface area contributed by atoms with Gasteiger partial charge in [-0.25, -0.2) is 9.59 Å². The summed E-state index contributed by atoms with van der Waals surface area (Å²) in [5, 5.41) is 0.564. The van der Waals surface area contributed by atoms with Crippen molar-refractivity contribution in [2.75, 3.05) is 7.11 Å². The molecule has 112 valence electrons. The van der Waals surface area contributed by atoms with E-state index in [9.17, 15) is 9.59 Å². The monoisotopic (exact) mass is 316 g/mol. The Bertz CT molecular complexity index is 911. The Morgan fingerprint density at radius 2 is 2.09 bits per heavy atom. The first kappa shape index (κ1) is 14.4. The summed E-state index contributed by atoms with van der Waals surface area (Å²) in [4.78, 5) is 26.4. The molecular formula is C16H13ClN2O3. The van der Waals surface area contributed by atoms with Gasteiger partial charge in [-0.15, -0.1) is 0 Å². The van der Waals surface area contributed by atoms with Crippen molar-refractivity contribution >= 4 is 28.6 Å². The fourth-order valence-corrected chi connectivity index (χ4v) is 2.56. The van der Waals surface area contributed by atoms with Crippen molar-refractivity contribution in [3.63, 3.8) is 0 Å². The van der Waals surface area contributed by atoms with Gasteiger partial charge in [0.15, 0.2) is 0 Å². The standard InChI is InChI=1S/C16H13ClN2O3/c1-22-15(20)11-4-2-3-10(7-11)9-19-14-6-5-12(17)8-13(14)18-16(19)21/h2-8H,9H2,1H3,(H,18,21). The van der Waals surface area contributed by atoms with E-state index in [1.807, 2.05) is 6.07 Å². The molecule has 1 N–H and O–H groups in total. The van der Waals surface area contributed by atoms with E-state index in [0.717, 1.165) is 11.1 Å². The van der Waals surface area contributed by atoms with Crippen LogP contribution in [0.25, 0.3) is 11.0 Å². The van der Waals surface area contributed by atoms with Crippen molar-refractivity contribution in [2.24, 2.45) is 0 Å². The lowest BCUT2D eigenvalue weighted by molar-refractivity contribution is 0.0600. The minimum absolute atomic E-state index is 0.222. The third-order valence-corrected chi connectivity index (χ3v) is 3.66. The normalized spacial score (nSPS) is 10.8. The van der Waals surface area contributed by atoms with Crippen molar-refractivity contribution in [3.05, 3.63) is 69.1 Å². The minimum atomic E-state index is -0.403. The summed E-state index contributed by atoms with van der Waals surface area (Å²) in [7, 11) is 1.34. The van der Waals surface area contributed by atoms with Gasteiger partial charge in [-0.05, 0) is 35.9 Å². The molecule has 0 saturated carbocycles. The van der Waals surface area contributed by atoms with Crippen LogP contribution in [0.15, 0.2) is 47.3 Å². The number of esters is 1. The number of carbonyl (C=O) groups is 1. The zero-order valence-corrected chi connectivity index (χ0v) is 12.6. The molecule has 0 unspecified atom stereocenters. The third-order valence-electron chi connectivity index (χ3n) is 3.42. The highest BCUT2D eigenvalue weighted by Crippen LogP contribution is 2.17. The molecule has 0 aliphatic heterocycles. The van der Waals surface area contributed by atoms with Crippen LogP contribution in [0.2, 0.25) is 5.02 Å². The molecule has 1 aromatic heterocycles. The zero-order valence-electron chi connectivity index (χ0n) is 11.8. The van der Waals surface area contributed by atoms with E-state index in [2.05, 4.69) is 4.98 Å². The molecule has 2 aromatic carbocycles. The lowest BCUT2D eigenvalue weighted by Crippen LogP contribution is -2.17. The molecule has 22 heavy (non-hydrogen) atoms. The van der Waals surface area contributed by atoms with Gasteiger partial charge in [0.05, 0.1) is 30.3 Å². The molecule has 0 aliphatic rings. The Morgan fingerprint density at radius 3 is 2.86 bits per heavy atom. The van der Waals surface area contributed by atoms with E-state index in [-0.39, 0.29) is 5.69 Å². The second-order valence-corrected chi connectivity index (χ2v) is 5.31. The number of fused-ring (bicyclic) bond motifs is 1. The number of halogens is 1. The van der Waals surface area contributed by atoms with E-state index in [1.165, 1.54) is 7.11 Å². The molecule has 0 amide bonds. The lowest BCUT2D eigenvalue weighted by atomic mass is 10.1. The third kappa shape index (κ3) is 2.63. The molecule has 0 fully saturated rings. The van der Waals surface area contributed by atoms with E-state index < -0.39 is 5.97 Å². The van der Waals surface area contributed by atoms with E-state index in [0.29, 0.717) is 22.6 Å². The highest BCUT2D eigenvalue weighted by Gasteiger charge is 2.10. The maximum Gasteiger partial charge on any atom is 0.337 e. The summed E-state index contributed by atoms with van der Waals surface area (Å²) >= 11 is 5.93. The second kappa shape index (κ2) is 5.69. The Balaban J connectivity index is 2.02. The molecule has 3 rings (SSSR count). The summed E-state index contributed by atoms with van der Waals surface area (Å²) in [6, 6.07) is 12.2. The molecule has 6 heteroatoms. The van der Waals surface area contributed by atoms with Crippen LogP contribution in [0.4, 0.5) is 0 Å². The largest absolute Gasteiger partial charge is 0.465 e. The van der Waals surface area contributed by atoms with E-state index in [4.69, 9.17) is 16.3 Å². The van der Waals surface area contributed by atoms with Crippen molar-refractivity contribution in [3.8, 4) is 0 Å². The first-order chi connectivity index (χ1) is 10.6. The number of nitrogens with one attached hydrogen (secondary N) is 1. The molecule has 1 heterocycles. The van der Waals surface area contributed by atoms with Crippen LogP contribution in [0.5, 0.6) is 0 Å². The van der Waals surface area contributed by atoms with Crippen LogP contribution in [0.1, 0.15) is 15.9 Å². The summed E-state index contributed by atoms with van der Waals surface area (Å²) < 4.78 is 6.30. The molecule has 5 nitrogen and oxygen atoms in total. The van der Waals surface area contributed by atoms with Gasteiger partial charge >= 0.3 is 11.7 Å². The van der Waals surface area contributed by atoms with Gasteiger partial charge in [-0.3, -0.25) is 4.57 Å². The Labute approximate surface area is 131 Å². The van der Waals surface area contributed by atoms with Crippen molar-refractivity contribution in [2.45, 2.75) is 6.54 Å². The number of H-pyrrole nitrogens is 1. The quantitative estimate of drug-likeness (QED) is 0.756. The maximum absolute atomic E-state index is 12.1. The number of aromatic amines is 1. The van der Waals surface area contributed by atoms with E-state index >= 15 is 0 Å². The minimum Gasteiger partial charge on any atom is -0.465 e. The summed E-state index contributed by atoms with van der Waals surface area (Å²) in [5.74, 6) is -0.403. The molecular weight excluding hydrogens is 304 g/mol. The molecule has 3 aromatic rings. The number of ether oxygens (including phenoxy) is 1.